The van der Waals surface area contributed by atoms with E-state index in [-0.39, 0.29) is 10.6 Å². The molecule has 1 unspecified atom stereocenters. The van der Waals surface area contributed by atoms with Gasteiger partial charge in [0.25, 0.3) is 5.69 Å². The number of benzene rings is 1. The number of halogens is 2. The molecule has 0 saturated heterocycles. The molecule has 0 fully saturated rings. The van der Waals surface area contributed by atoms with Crippen molar-refractivity contribution in [3.63, 3.8) is 0 Å². The fourth-order valence-electron chi connectivity index (χ4n) is 1.71. The number of nitro groups is 1. The summed E-state index contributed by atoms with van der Waals surface area (Å²) in [4.78, 5) is 11.0. The Morgan fingerprint density at radius 2 is 2.12 bits per heavy atom. The van der Waals surface area contributed by atoms with Gasteiger partial charge in [-0.2, -0.15) is 0 Å². The molecule has 0 aromatic heterocycles. The minimum Gasteiger partial charge on any atom is -0.258 e. The van der Waals surface area contributed by atoms with Crippen molar-refractivity contribution in [3.05, 3.63) is 37.4 Å². The van der Waals surface area contributed by atoms with Crippen molar-refractivity contribution >= 4 is 44.2 Å². The third kappa shape index (κ3) is 4.91. The van der Waals surface area contributed by atoms with Crippen LogP contribution in [-0.4, -0.2) is 9.75 Å². The van der Waals surface area contributed by atoms with Gasteiger partial charge in [-0.15, -0.1) is 0 Å². The molecular formula is C12H15BrINO2. The molecule has 0 N–H and O–H groups in total. The first-order valence-corrected chi connectivity index (χ1v) is 7.46. The molecule has 0 saturated carbocycles. The maximum atomic E-state index is 11.0. The smallest absolute Gasteiger partial charge is 0.258 e. The van der Waals surface area contributed by atoms with Crippen LogP contribution in [0.3, 0.4) is 0 Å². The molecule has 17 heavy (non-hydrogen) atoms. The second-order valence-corrected chi connectivity index (χ2v) is 7.00. The third-order valence-electron chi connectivity index (χ3n) is 2.41. The van der Waals surface area contributed by atoms with Crippen molar-refractivity contribution in [2.45, 2.75) is 31.5 Å². The van der Waals surface area contributed by atoms with Crippen LogP contribution in [0.5, 0.6) is 0 Å². The number of nitrogens with zero attached hydrogens (tertiary/aromatic N) is 1. The molecule has 0 amide bonds. The average molecular weight is 412 g/mol. The average Bonchev–Trinajstić information content (AvgIpc) is 2.19. The SMILES string of the molecule is CC(C)CC(Br)Cc1ccc(I)cc1[N+](=O)[O-]. The fraction of sp³-hybridized carbons (Fsp3) is 0.500. The van der Waals surface area contributed by atoms with Crippen molar-refractivity contribution in [2.75, 3.05) is 0 Å². The number of alkyl halides is 1. The maximum Gasteiger partial charge on any atom is 0.273 e. The Bertz CT molecular complexity index is 409. The lowest BCUT2D eigenvalue weighted by Crippen LogP contribution is -2.08. The van der Waals surface area contributed by atoms with Gasteiger partial charge in [0, 0.05) is 20.0 Å². The van der Waals surface area contributed by atoms with E-state index < -0.39 is 0 Å². The Balaban J connectivity index is 2.86. The largest absolute Gasteiger partial charge is 0.273 e. The molecule has 5 heteroatoms. The first-order valence-electron chi connectivity index (χ1n) is 5.47. The summed E-state index contributed by atoms with van der Waals surface area (Å²) in [7, 11) is 0. The fourth-order valence-corrected chi connectivity index (χ4v) is 3.28. The van der Waals surface area contributed by atoms with E-state index in [2.05, 4.69) is 52.4 Å². The maximum absolute atomic E-state index is 11.0. The summed E-state index contributed by atoms with van der Waals surface area (Å²) in [5, 5.41) is 11.0. The highest BCUT2D eigenvalue weighted by Crippen LogP contribution is 2.26. The highest BCUT2D eigenvalue weighted by atomic mass is 127. The number of hydrogen-bond donors (Lipinski definition) is 0. The van der Waals surface area contributed by atoms with Crippen LogP contribution in [0.2, 0.25) is 0 Å². The van der Waals surface area contributed by atoms with Crippen molar-refractivity contribution < 1.29 is 4.92 Å². The van der Waals surface area contributed by atoms with Gasteiger partial charge < -0.3 is 0 Å². The van der Waals surface area contributed by atoms with Crippen molar-refractivity contribution in [3.8, 4) is 0 Å². The van der Waals surface area contributed by atoms with E-state index in [1.54, 1.807) is 6.07 Å². The molecule has 0 bridgehead atoms. The summed E-state index contributed by atoms with van der Waals surface area (Å²) in [5.74, 6) is 0.585. The Morgan fingerprint density at radius 1 is 1.47 bits per heavy atom. The lowest BCUT2D eigenvalue weighted by molar-refractivity contribution is -0.385. The molecule has 0 radical (unpaired) electrons. The molecule has 0 spiro atoms. The Labute approximate surface area is 123 Å². The first-order chi connectivity index (χ1) is 7.90. The summed E-state index contributed by atoms with van der Waals surface area (Å²) < 4.78 is 0.896. The van der Waals surface area contributed by atoms with Crippen LogP contribution >= 0.6 is 38.5 Å². The summed E-state index contributed by atoms with van der Waals surface area (Å²) in [6.07, 6.45) is 1.72. The van der Waals surface area contributed by atoms with E-state index in [0.717, 1.165) is 15.6 Å². The minimum atomic E-state index is -0.299. The highest BCUT2D eigenvalue weighted by Gasteiger charge is 2.17. The van der Waals surface area contributed by atoms with Crippen molar-refractivity contribution in [2.24, 2.45) is 5.92 Å². The van der Waals surface area contributed by atoms with Crippen LogP contribution in [0.1, 0.15) is 25.8 Å². The van der Waals surface area contributed by atoms with Crippen LogP contribution in [-0.2, 0) is 6.42 Å². The Hall–Kier alpha value is -0.170. The Morgan fingerprint density at radius 3 is 2.65 bits per heavy atom. The van der Waals surface area contributed by atoms with Gasteiger partial charge in [0.1, 0.15) is 0 Å². The molecule has 1 aromatic carbocycles. The number of rotatable bonds is 5. The molecular weight excluding hydrogens is 397 g/mol. The topological polar surface area (TPSA) is 43.1 Å². The lowest BCUT2D eigenvalue weighted by atomic mass is 10.0. The van der Waals surface area contributed by atoms with Gasteiger partial charge in [0.2, 0.25) is 0 Å². The zero-order valence-corrected chi connectivity index (χ0v) is 13.6. The molecule has 1 atom stereocenters. The molecule has 94 valence electrons. The van der Waals surface area contributed by atoms with E-state index in [1.165, 1.54) is 0 Å². The van der Waals surface area contributed by atoms with Crippen LogP contribution in [0.4, 0.5) is 5.69 Å². The van der Waals surface area contributed by atoms with E-state index in [9.17, 15) is 10.1 Å². The van der Waals surface area contributed by atoms with E-state index in [4.69, 9.17) is 0 Å². The lowest BCUT2D eigenvalue weighted by Gasteiger charge is -2.12. The van der Waals surface area contributed by atoms with Crippen molar-refractivity contribution in [1.82, 2.24) is 0 Å². The van der Waals surface area contributed by atoms with Gasteiger partial charge in [-0.3, -0.25) is 10.1 Å². The summed E-state index contributed by atoms with van der Waals surface area (Å²) in [5.41, 5.74) is 1.03. The third-order valence-corrected chi connectivity index (χ3v) is 3.78. The molecule has 0 aliphatic heterocycles. The highest BCUT2D eigenvalue weighted by molar-refractivity contribution is 14.1. The zero-order chi connectivity index (χ0) is 13.0. The summed E-state index contributed by atoms with van der Waals surface area (Å²) in [6, 6.07) is 5.40. The van der Waals surface area contributed by atoms with Gasteiger partial charge in [0.15, 0.2) is 0 Å². The van der Waals surface area contributed by atoms with Gasteiger partial charge in [-0.05, 0) is 47.4 Å². The predicted octanol–water partition coefficient (Wildman–Crippen LogP) is 4.55. The van der Waals surface area contributed by atoms with Crippen LogP contribution in [0, 0.1) is 19.6 Å². The predicted molar refractivity (Wildman–Crippen MR) is 81.7 cm³/mol. The van der Waals surface area contributed by atoms with Gasteiger partial charge in [0.05, 0.1) is 4.92 Å². The number of hydrogen-bond acceptors (Lipinski definition) is 2. The summed E-state index contributed by atoms with van der Waals surface area (Å²) >= 11 is 5.69. The van der Waals surface area contributed by atoms with Crippen molar-refractivity contribution in [1.29, 1.82) is 0 Å². The summed E-state index contributed by atoms with van der Waals surface area (Å²) in [6.45, 7) is 4.30. The zero-order valence-electron chi connectivity index (χ0n) is 9.82. The van der Waals surface area contributed by atoms with Gasteiger partial charge >= 0.3 is 0 Å². The molecule has 0 aliphatic carbocycles. The van der Waals surface area contributed by atoms with E-state index >= 15 is 0 Å². The molecule has 1 rings (SSSR count). The number of nitro benzene ring substituents is 1. The van der Waals surface area contributed by atoms with Crippen LogP contribution in [0.25, 0.3) is 0 Å². The minimum absolute atomic E-state index is 0.227. The van der Waals surface area contributed by atoms with Gasteiger partial charge in [-0.25, -0.2) is 0 Å². The first kappa shape index (κ1) is 14.9. The monoisotopic (exact) mass is 411 g/mol. The standard InChI is InChI=1S/C12H15BrINO2/c1-8(2)5-10(13)6-9-3-4-11(14)7-12(9)15(16)17/h3-4,7-8,10H,5-6H2,1-2H3. The molecule has 0 aliphatic rings. The normalized spacial score (nSPS) is 12.8. The van der Waals surface area contributed by atoms with Gasteiger partial charge in [-0.1, -0.05) is 35.8 Å². The van der Waals surface area contributed by atoms with E-state index in [1.807, 2.05) is 12.1 Å². The van der Waals surface area contributed by atoms with Crippen LogP contribution < -0.4 is 0 Å². The molecule has 1 aromatic rings. The van der Waals surface area contributed by atoms with Crippen LogP contribution in [0.15, 0.2) is 18.2 Å². The Kier molecular flexibility index (Phi) is 5.85. The molecule has 0 heterocycles. The second-order valence-electron chi connectivity index (χ2n) is 4.46. The quantitative estimate of drug-likeness (QED) is 0.308. The van der Waals surface area contributed by atoms with E-state index in [0.29, 0.717) is 17.2 Å². The second kappa shape index (κ2) is 6.68. The molecule has 3 nitrogen and oxygen atoms in total.